The molecule has 0 saturated heterocycles. The largest absolute Gasteiger partial charge is 0.467 e. The Bertz CT molecular complexity index is 769. The Morgan fingerprint density at radius 2 is 2.27 bits per heavy atom. The Kier molecular flexibility index (Phi) is 5.34. The lowest BCUT2D eigenvalue weighted by atomic mass is 10.1. The first-order chi connectivity index (χ1) is 10.1. The van der Waals surface area contributed by atoms with Gasteiger partial charge in [0.25, 0.3) is 0 Å². The lowest BCUT2D eigenvalue weighted by Crippen LogP contribution is -2.03. The fourth-order valence-corrected chi connectivity index (χ4v) is 3.71. The van der Waals surface area contributed by atoms with Gasteiger partial charge < -0.3 is 15.5 Å². The fraction of sp³-hybridized carbons (Fsp3) is 0.267. The third-order valence-electron chi connectivity index (χ3n) is 3.33. The van der Waals surface area contributed by atoms with Gasteiger partial charge in [-0.1, -0.05) is 11.6 Å². The van der Waals surface area contributed by atoms with Gasteiger partial charge in [-0.05, 0) is 31.5 Å². The standard InChI is InChI=1S/C15H16ClN3OS.ClH/c1-8-13-15(21-14(8)9(2)17)11(6-12(16)19-13)18-7-10-4-3-5-20-10;/h3-6,9H,7,17H2,1-2H3,(H,18,19);1H/t9-;/m1./s1. The van der Waals surface area contributed by atoms with E-state index in [1.165, 1.54) is 0 Å². The Hall–Kier alpha value is -1.27. The second-order valence-electron chi connectivity index (χ2n) is 4.98. The van der Waals surface area contributed by atoms with Gasteiger partial charge in [-0.2, -0.15) is 0 Å². The molecule has 3 rings (SSSR count). The monoisotopic (exact) mass is 357 g/mol. The van der Waals surface area contributed by atoms with Gasteiger partial charge in [-0.3, -0.25) is 0 Å². The summed E-state index contributed by atoms with van der Waals surface area (Å²) < 4.78 is 6.42. The Labute approximate surface area is 144 Å². The van der Waals surface area contributed by atoms with Crippen LogP contribution in [0.25, 0.3) is 10.2 Å². The van der Waals surface area contributed by atoms with E-state index in [1.807, 2.05) is 32.0 Å². The van der Waals surface area contributed by atoms with Crippen molar-refractivity contribution in [1.82, 2.24) is 4.98 Å². The number of furan rings is 1. The van der Waals surface area contributed by atoms with Gasteiger partial charge in [-0.25, -0.2) is 4.98 Å². The van der Waals surface area contributed by atoms with Crippen LogP contribution in [0.5, 0.6) is 0 Å². The van der Waals surface area contributed by atoms with E-state index < -0.39 is 0 Å². The van der Waals surface area contributed by atoms with Crippen molar-refractivity contribution in [3.05, 3.63) is 45.8 Å². The molecule has 7 heteroatoms. The summed E-state index contributed by atoms with van der Waals surface area (Å²) in [6, 6.07) is 5.63. The molecule has 4 nitrogen and oxygen atoms in total. The first kappa shape index (κ1) is 17.1. The number of aromatic nitrogens is 1. The van der Waals surface area contributed by atoms with E-state index in [1.54, 1.807) is 17.6 Å². The molecule has 0 aromatic carbocycles. The summed E-state index contributed by atoms with van der Waals surface area (Å²) in [6.07, 6.45) is 1.66. The number of anilines is 1. The Balaban J connectivity index is 0.00000176. The van der Waals surface area contributed by atoms with E-state index in [0.717, 1.165) is 32.1 Å². The summed E-state index contributed by atoms with van der Waals surface area (Å²) in [4.78, 5) is 5.58. The van der Waals surface area contributed by atoms with Crippen molar-refractivity contribution in [3.63, 3.8) is 0 Å². The summed E-state index contributed by atoms with van der Waals surface area (Å²) in [7, 11) is 0. The van der Waals surface area contributed by atoms with Gasteiger partial charge in [0.05, 0.1) is 28.7 Å². The summed E-state index contributed by atoms with van der Waals surface area (Å²) in [5.74, 6) is 0.872. The number of nitrogens with zero attached hydrogens (tertiary/aromatic N) is 1. The summed E-state index contributed by atoms with van der Waals surface area (Å²) in [5.41, 5.74) is 9.01. The number of nitrogens with two attached hydrogens (primary N) is 1. The first-order valence-electron chi connectivity index (χ1n) is 6.67. The van der Waals surface area contributed by atoms with Gasteiger partial charge in [0.2, 0.25) is 0 Å². The van der Waals surface area contributed by atoms with Crippen molar-refractivity contribution in [2.75, 3.05) is 5.32 Å². The molecule has 0 saturated carbocycles. The molecule has 3 N–H and O–H groups in total. The normalized spacial score (nSPS) is 12.2. The van der Waals surface area contributed by atoms with Crippen molar-refractivity contribution in [2.24, 2.45) is 5.73 Å². The van der Waals surface area contributed by atoms with Gasteiger partial charge in [-0.15, -0.1) is 23.7 Å². The average molecular weight is 358 g/mol. The van der Waals surface area contributed by atoms with E-state index in [2.05, 4.69) is 10.3 Å². The molecular formula is C15H17Cl2N3OS. The van der Waals surface area contributed by atoms with Gasteiger partial charge in [0, 0.05) is 17.0 Å². The molecule has 118 valence electrons. The molecule has 3 aromatic heterocycles. The summed E-state index contributed by atoms with van der Waals surface area (Å²) in [6.45, 7) is 4.62. The van der Waals surface area contributed by atoms with Crippen LogP contribution >= 0.6 is 35.3 Å². The molecule has 0 fully saturated rings. The highest BCUT2D eigenvalue weighted by atomic mass is 35.5. The van der Waals surface area contributed by atoms with Crippen LogP contribution in [0.3, 0.4) is 0 Å². The van der Waals surface area contributed by atoms with E-state index in [-0.39, 0.29) is 18.4 Å². The predicted octanol–water partition coefficient (Wildman–Crippen LogP) is 4.90. The van der Waals surface area contributed by atoms with Crippen molar-refractivity contribution in [1.29, 1.82) is 0 Å². The molecule has 1 atom stereocenters. The van der Waals surface area contributed by atoms with Crippen molar-refractivity contribution < 1.29 is 4.42 Å². The van der Waals surface area contributed by atoms with Crippen molar-refractivity contribution in [3.8, 4) is 0 Å². The number of hydrogen-bond acceptors (Lipinski definition) is 5. The van der Waals surface area contributed by atoms with Crippen LogP contribution < -0.4 is 11.1 Å². The minimum absolute atomic E-state index is 0. The maximum Gasteiger partial charge on any atom is 0.131 e. The van der Waals surface area contributed by atoms with Crippen molar-refractivity contribution >= 4 is 51.2 Å². The lowest BCUT2D eigenvalue weighted by Gasteiger charge is -2.06. The van der Waals surface area contributed by atoms with Crippen LogP contribution in [0.2, 0.25) is 5.15 Å². The maximum atomic E-state index is 6.14. The van der Waals surface area contributed by atoms with Gasteiger partial charge in [0.15, 0.2) is 0 Å². The number of rotatable bonds is 4. The minimum atomic E-state index is -0.0131. The SMILES string of the molecule is Cc1c([C@@H](C)N)sc2c(NCc3ccco3)cc(Cl)nc12.Cl. The molecule has 0 radical (unpaired) electrons. The second-order valence-corrected chi connectivity index (χ2v) is 6.42. The van der Waals surface area contributed by atoms with Gasteiger partial charge >= 0.3 is 0 Å². The number of halogens is 2. The van der Waals surface area contributed by atoms with E-state index >= 15 is 0 Å². The zero-order chi connectivity index (χ0) is 15.0. The highest BCUT2D eigenvalue weighted by Crippen LogP contribution is 2.38. The first-order valence-corrected chi connectivity index (χ1v) is 7.87. The van der Waals surface area contributed by atoms with E-state index in [4.69, 9.17) is 21.8 Å². The second kappa shape index (κ2) is 6.87. The number of hydrogen-bond donors (Lipinski definition) is 2. The third kappa shape index (κ3) is 3.22. The summed E-state index contributed by atoms with van der Waals surface area (Å²) >= 11 is 7.81. The number of fused-ring (bicyclic) bond motifs is 1. The summed E-state index contributed by atoms with van der Waals surface area (Å²) in [5, 5.41) is 3.84. The molecule has 0 spiro atoms. The van der Waals surface area contributed by atoms with Crippen LogP contribution in [0, 0.1) is 6.92 Å². The Morgan fingerprint density at radius 3 is 2.91 bits per heavy atom. The number of nitrogens with one attached hydrogen (secondary N) is 1. The Morgan fingerprint density at radius 1 is 1.50 bits per heavy atom. The van der Waals surface area contributed by atoms with E-state index in [0.29, 0.717) is 11.7 Å². The molecule has 22 heavy (non-hydrogen) atoms. The number of aryl methyl sites for hydroxylation is 1. The topological polar surface area (TPSA) is 64.1 Å². The highest BCUT2D eigenvalue weighted by molar-refractivity contribution is 7.20. The molecule has 0 bridgehead atoms. The number of thiophene rings is 1. The molecule has 0 unspecified atom stereocenters. The molecule has 0 aliphatic heterocycles. The molecular weight excluding hydrogens is 341 g/mol. The third-order valence-corrected chi connectivity index (χ3v) is 5.03. The molecule has 0 amide bonds. The average Bonchev–Trinajstić information content (AvgIpc) is 3.05. The quantitative estimate of drug-likeness (QED) is 0.651. The van der Waals surface area contributed by atoms with Crippen LogP contribution in [0.1, 0.15) is 29.2 Å². The molecule has 3 heterocycles. The van der Waals surface area contributed by atoms with Crippen LogP contribution in [0.4, 0.5) is 5.69 Å². The van der Waals surface area contributed by atoms with Gasteiger partial charge in [0.1, 0.15) is 10.9 Å². The lowest BCUT2D eigenvalue weighted by molar-refractivity contribution is 0.518. The van der Waals surface area contributed by atoms with Crippen LogP contribution in [0.15, 0.2) is 28.9 Å². The number of pyridine rings is 1. The fourth-order valence-electron chi connectivity index (χ4n) is 2.32. The maximum absolute atomic E-state index is 6.14. The highest BCUT2D eigenvalue weighted by Gasteiger charge is 2.16. The molecule has 3 aromatic rings. The minimum Gasteiger partial charge on any atom is -0.467 e. The zero-order valence-corrected chi connectivity index (χ0v) is 14.6. The van der Waals surface area contributed by atoms with E-state index in [9.17, 15) is 0 Å². The predicted molar refractivity (Wildman–Crippen MR) is 95.3 cm³/mol. The molecule has 0 aliphatic rings. The van der Waals surface area contributed by atoms with Crippen LogP contribution in [-0.2, 0) is 6.54 Å². The zero-order valence-electron chi connectivity index (χ0n) is 12.2. The van der Waals surface area contributed by atoms with Crippen LogP contribution in [-0.4, -0.2) is 4.98 Å². The van der Waals surface area contributed by atoms with Crippen molar-refractivity contribution in [2.45, 2.75) is 26.4 Å². The smallest absolute Gasteiger partial charge is 0.131 e. The molecule has 0 aliphatic carbocycles.